The van der Waals surface area contributed by atoms with Crippen LogP contribution < -0.4 is 16.2 Å². The van der Waals surface area contributed by atoms with E-state index in [0.717, 1.165) is 68.0 Å². The molecule has 0 radical (unpaired) electrons. The number of fused-ring (bicyclic) bond motifs is 2. The molecule has 3 aliphatic rings. The van der Waals surface area contributed by atoms with Gasteiger partial charge in [0.2, 0.25) is 0 Å². The van der Waals surface area contributed by atoms with Gasteiger partial charge >= 0.3 is 0 Å². The zero-order valence-corrected chi connectivity index (χ0v) is 18.7. The van der Waals surface area contributed by atoms with Gasteiger partial charge in [-0.2, -0.15) is 0 Å². The molecule has 2 fully saturated rings. The molecule has 0 spiro atoms. The van der Waals surface area contributed by atoms with E-state index < -0.39 is 0 Å². The van der Waals surface area contributed by atoms with Crippen molar-refractivity contribution < 1.29 is 4.79 Å². The Bertz CT molecular complexity index is 1080. The van der Waals surface area contributed by atoms with Crippen LogP contribution in [0.3, 0.4) is 0 Å². The lowest BCUT2D eigenvalue weighted by atomic mass is 9.82. The second-order valence-corrected chi connectivity index (χ2v) is 9.05. The first kappa shape index (κ1) is 21.0. The number of pyridine rings is 1. The van der Waals surface area contributed by atoms with Crippen molar-refractivity contribution in [2.45, 2.75) is 64.0 Å². The predicted octanol–water partition coefficient (Wildman–Crippen LogP) is 2.66. The minimum absolute atomic E-state index is 0.122. The zero-order chi connectivity index (χ0) is 22.1. The Kier molecular flexibility index (Phi) is 5.87. The lowest BCUT2D eigenvalue weighted by Crippen LogP contribution is -2.62. The average molecular weight is 437 g/mol. The maximum absolute atomic E-state index is 12.8. The van der Waals surface area contributed by atoms with Crippen molar-refractivity contribution in [3.63, 3.8) is 0 Å². The molecule has 4 N–H and O–H groups in total. The Labute approximate surface area is 187 Å². The summed E-state index contributed by atoms with van der Waals surface area (Å²) >= 11 is 0. The molecule has 2 saturated heterocycles. The molecule has 2 aromatic heterocycles. The number of amides is 1. The SMILES string of the molecule is CCCCCCNc1cc[nH]c(=O)c1-c1nc2c([nH]1)CC1C(=C2)C(=O)N1C1CCNCC1. The number of unbranched alkanes of at least 4 members (excludes halogenated alkanes) is 3. The second kappa shape index (κ2) is 8.94. The summed E-state index contributed by atoms with van der Waals surface area (Å²) in [7, 11) is 0. The second-order valence-electron chi connectivity index (χ2n) is 9.05. The average Bonchev–Trinajstić information content (AvgIpc) is 3.21. The molecule has 1 atom stereocenters. The van der Waals surface area contributed by atoms with Crippen LogP contribution in [0.1, 0.15) is 56.8 Å². The van der Waals surface area contributed by atoms with Gasteiger partial charge in [-0.05, 0) is 44.5 Å². The fraction of sp³-hybridized carbons (Fsp3) is 0.542. The summed E-state index contributed by atoms with van der Waals surface area (Å²) in [6, 6.07) is 2.33. The van der Waals surface area contributed by atoms with Crippen molar-refractivity contribution in [2.24, 2.45) is 0 Å². The summed E-state index contributed by atoms with van der Waals surface area (Å²) in [4.78, 5) is 38.5. The molecule has 0 saturated carbocycles. The number of rotatable bonds is 8. The third-order valence-electron chi connectivity index (χ3n) is 6.92. The van der Waals surface area contributed by atoms with Gasteiger partial charge in [0.25, 0.3) is 11.5 Å². The van der Waals surface area contributed by atoms with Crippen LogP contribution in [-0.2, 0) is 11.2 Å². The molecule has 1 aliphatic carbocycles. The number of carbonyl (C=O) groups excluding carboxylic acids is 1. The minimum Gasteiger partial charge on any atom is -0.384 e. The van der Waals surface area contributed by atoms with Crippen molar-refractivity contribution in [3.8, 4) is 11.4 Å². The maximum Gasteiger partial charge on any atom is 0.261 e. The van der Waals surface area contributed by atoms with Crippen LogP contribution in [-0.4, -0.2) is 57.5 Å². The van der Waals surface area contributed by atoms with Crippen LogP contribution in [0.2, 0.25) is 0 Å². The molecule has 4 heterocycles. The fourth-order valence-electron chi connectivity index (χ4n) is 5.18. The van der Waals surface area contributed by atoms with Crippen molar-refractivity contribution >= 4 is 17.7 Å². The summed E-state index contributed by atoms with van der Waals surface area (Å²) in [5.74, 6) is 0.705. The van der Waals surface area contributed by atoms with E-state index in [0.29, 0.717) is 17.4 Å². The highest BCUT2D eigenvalue weighted by Gasteiger charge is 2.48. The first-order valence-electron chi connectivity index (χ1n) is 12.0. The lowest BCUT2D eigenvalue weighted by molar-refractivity contribution is -0.141. The highest BCUT2D eigenvalue weighted by atomic mass is 16.2. The van der Waals surface area contributed by atoms with Gasteiger partial charge in [-0.3, -0.25) is 9.59 Å². The van der Waals surface area contributed by atoms with E-state index in [4.69, 9.17) is 4.98 Å². The largest absolute Gasteiger partial charge is 0.384 e. The van der Waals surface area contributed by atoms with Crippen molar-refractivity contribution in [1.29, 1.82) is 0 Å². The molecule has 2 aromatic rings. The molecule has 32 heavy (non-hydrogen) atoms. The number of hydrogen-bond acceptors (Lipinski definition) is 5. The van der Waals surface area contributed by atoms with E-state index in [1.165, 1.54) is 19.3 Å². The molecular weight excluding hydrogens is 404 g/mol. The summed E-state index contributed by atoms with van der Waals surface area (Å²) in [5.41, 5.74) is 3.78. The Balaban J connectivity index is 1.36. The third-order valence-corrected chi connectivity index (χ3v) is 6.92. The summed E-state index contributed by atoms with van der Waals surface area (Å²) in [5, 5.41) is 6.78. The molecule has 1 unspecified atom stereocenters. The number of likely N-dealkylation sites (tertiary alicyclic amines) is 1. The van der Waals surface area contributed by atoms with Gasteiger partial charge in [-0.15, -0.1) is 0 Å². The standard InChI is InChI=1S/C24H32N6O2/c1-2-3-4-5-9-26-17-8-12-27-23(31)21(17)22-28-18-13-16-20(14-19(18)29-22)30(24(16)32)15-6-10-25-11-7-15/h8,12-13,15,20,25H,2-7,9-11,14H2,1H3,(H,28,29)(H2,26,27,31). The molecule has 8 nitrogen and oxygen atoms in total. The summed E-state index contributed by atoms with van der Waals surface area (Å²) < 4.78 is 0. The normalized spacial score (nSPS) is 20.4. The number of β-lactam (4-membered cyclic amide) rings is 1. The van der Waals surface area contributed by atoms with Gasteiger partial charge in [0, 0.05) is 36.5 Å². The minimum atomic E-state index is -0.169. The Hall–Kier alpha value is -2.87. The van der Waals surface area contributed by atoms with Gasteiger partial charge in [0.15, 0.2) is 0 Å². The Morgan fingerprint density at radius 3 is 2.84 bits per heavy atom. The van der Waals surface area contributed by atoms with E-state index in [1.54, 1.807) is 6.20 Å². The van der Waals surface area contributed by atoms with Crippen LogP contribution >= 0.6 is 0 Å². The first-order chi connectivity index (χ1) is 15.7. The topological polar surface area (TPSA) is 106 Å². The third kappa shape index (κ3) is 3.77. The van der Waals surface area contributed by atoms with Crippen molar-refractivity contribution in [3.05, 3.63) is 39.6 Å². The predicted molar refractivity (Wildman–Crippen MR) is 125 cm³/mol. The van der Waals surface area contributed by atoms with Gasteiger partial charge in [-0.25, -0.2) is 4.98 Å². The van der Waals surface area contributed by atoms with Gasteiger partial charge < -0.3 is 25.5 Å². The Morgan fingerprint density at radius 1 is 1.19 bits per heavy atom. The summed E-state index contributed by atoms with van der Waals surface area (Å²) in [6.07, 6.45) is 11.0. The maximum atomic E-state index is 12.8. The number of nitrogens with one attached hydrogen (secondary N) is 4. The number of anilines is 1. The first-order valence-corrected chi connectivity index (χ1v) is 12.0. The molecule has 8 heteroatoms. The number of aromatic amines is 2. The van der Waals surface area contributed by atoms with Gasteiger partial charge in [0.1, 0.15) is 11.4 Å². The number of aromatic nitrogens is 3. The smallest absolute Gasteiger partial charge is 0.261 e. The fourth-order valence-corrected chi connectivity index (χ4v) is 5.18. The van der Waals surface area contributed by atoms with Crippen molar-refractivity contribution in [2.75, 3.05) is 25.0 Å². The number of H-pyrrole nitrogens is 2. The number of piperidine rings is 1. The highest BCUT2D eigenvalue weighted by molar-refractivity contribution is 6.06. The molecule has 1 amide bonds. The number of nitrogens with zero attached hydrogens (tertiary/aromatic N) is 2. The molecule has 0 aromatic carbocycles. The molecule has 5 rings (SSSR count). The zero-order valence-electron chi connectivity index (χ0n) is 18.7. The van der Waals surface area contributed by atoms with Crippen LogP contribution in [0.25, 0.3) is 17.5 Å². The quantitative estimate of drug-likeness (QED) is 0.376. The summed E-state index contributed by atoms with van der Waals surface area (Å²) in [6.45, 7) is 4.94. The number of carbonyl (C=O) groups is 1. The molecule has 2 aliphatic heterocycles. The monoisotopic (exact) mass is 436 g/mol. The lowest BCUT2D eigenvalue weighted by Gasteiger charge is -2.49. The van der Waals surface area contributed by atoms with Gasteiger partial charge in [-0.1, -0.05) is 26.2 Å². The van der Waals surface area contributed by atoms with Crippen LogP contribution in [0.15, 0.2) is 22.6 Å². The van der Waals surface area contributed by atoms with Gasteiger partial charge in [0.05, 0.1) is 17.4 Å². The van der Waals surface area contributed by atoms with Crippen LogP contribution in [0.4, 0.5) is 5.69 Å². The van der Waals surface area contributed by atoms with E-state index in [-0.39, 0.29) is 17.5 Å². The van der Waals surface area contributed by atoms with Crippen LogP contribution in [0, 0.1) is 0 Å². The molecular formula is C24H32N6O2. The molecule has 0 bridgehead atoms. The van der Waals surface area contributed by atoms with Crippen LogP contribution in [0.5, 0.6) is 0 Å². The van der Waals surface area contributed by atoms with E-state index in [1.807, 2.05) is 12.1 Å². The highest BCUT2D eigenvalue weighted by Crippen LogP contribution is 2.39. The van der Waals surface area contributed by atoms with E-state index >= 15 is 0 Å². The Morgan fingerprint density at radius 2 is 2.03 bits per heavy atom. The van der Waals surface area contributed by atoms with E-state index in [2.05, 4.69) is 32.4 Å². The van der Waals surface area contributed by atoms with E-state index in [9.17, 15) is 9.59 Å². The number of hydrogen-bond donors (Lipinski definition) is 4. The van der Waals surface area contributed by atoms with Crippen molar-refractivity contribution in [1.82, 2.24) is 25.2 Å². The molecule has 170 valence electrons. The number of imidazole rings is 1.